The monoisotopic (exact) mass is 554 g/mol. The number of aromatic nitrogens is 2. The number of hydrogen-bond donors (Lipinski definition) is 1. The Morgan fingerprint density at radius 3 is 2.47 bits per heavy atom. The maximum absolute atomic E-state index is 15.3. The molecule has 3 heterocycles. The van der Waals surface area contributed by atoms with Crippen molar-refractivity contribution < 1.29 is 35.1 Å². The quantitative estimate of drug-likeness (QED) is 0.426. The molecule has 1 fully saturated rings. The summed E-state index contributed by atoms with van der Waals surface area (Å²) in [5.41, 5.74) is 0.853. The molecule has 0 saturated carbocycles. The van der Waals surface area contributed by atoms with Gasteiger partial charge in [-0.05, 0) is 55.3 Å². The lowest BCUT2D eigenvalue weighted by Crippen LogP contribution is -2.44. The van der Waals surface area contributed by atoms with Crippen LogP contribution < -0.4 is 9.46 Å². The number of benzene rings is 2. The topological polar surface area (TPSA) is 84.4 Å². The molecule has 3 atom stereocenters. The zero-order valence-electron chi connectivity index (χ0n) is 19.8. The summed E-state index contributed by atoms with van der Waals surface area (Å²) >= 11 is 0. The molecule has 1 aromatic heterocycles. The summed E-state index contributed by atoms with van der Waals surface area (Å²) in [6.07, 6.45) is -3.07. The van der Waals surface area contributed by atoms with Gasteiger partial charge in [0.1, 0.15) is 22.3 Å². The number of fused-ring (bicyclic) bond motifs is 1. The van der Waals surface area contributed by atoms with Crippen LogP contribution in [0.25, 0.3) is 0 Å². The van der Waals surface area contributed by atoms with Crippen LogP contribution in [0, 0.1) is 17.6 Å². The van der Waals surface area contributed by atoms with Crippen molar-refractivity contribution in [2.45, 2.75) is 42.4 Å². The summed E-state index contributed by atoms with van der Waals surface area (Å²) < 4.78 is 103. The fourth-order valence-electron chi connectivity index (χ4n) is 5.14. The molecule has 0 spiro atoms. The van der Waals surface area contributed by atoms with Crippen LogP contribution in [0.15, 0.2) is 59.6 Å². The van der Waals surface area contributed by atoms with Gasteiger partial charge in [-0.25, -0.2) is 17.2 Å². The summed E-state index contributed by atoms with van der Waals surface area (Å²) in [7, 11) is -4.38. The van der Waals surface area contributed by atoms with Gasteiger partial charge in [0.25, 0.3) is 10.0 Å². The molecule has 2 aliphatic rings. The highest BCUT2D eigenvalue weighted by atomic mass is 32.2. The van der Waals surface area contributed by atoms with Crippen molar-refractivity contribution in [3.63, 3.8) is 0 Å². The normalized spacial score (nSPS) is 22.4. The minimum absolute atomic E-state index is 0.0617. The van der Waals surface area contributed by atoms with Crippen LogP contribution >= 0.6 is 0 Å². The lowest BCUT2D eigenvalue weighted by atomic mass is 9.84. The molecule has 7 nitrogen and oxygen atoms in total. The van der Waals surface area contributed by atoms with Gasteiger partial charge >= 0.3 is 6.18 Å². The third kappa shape index (κ3) is 5.30. The van der Waals surface area contributed by atoms with Crippen molar-refractivity contribution >= 4 is 15.8 Å². The third-order valence-electron chi connectivity index (χ3n) is 6.93. The molecule has 0 amide bonds. The molecule has 3 aromatic rings. The molecule has 13 heteroatoms. The Bertz CT molecular complexity index is 1400. The average molecular weight is 555 g/mol. The first-order chi connectivity index (χ1) is 18.0. The molecule has 2 aliphatic heterocycles. The van der Waals surface area contributed by atoms with E-state index < -0.39 is 50.7 Å². The van der Waals surface area contributed by atoms with Crippen LogP contribution in [0.5, 0.6) is 5.75 Å². The SMILES string of the molecule is O=S(=O)(Nc1cccnn1)c1cc2c(cc1F)[C@@H](N1CCC(C(F)(F)F)C[C@H]1c1ccc(F)cc1)CCO2. The van der Waals surface area contributed by atoms with Crippen LogP contribution in [0.2, 0.25) is 0 Å². The molecule has 1 N–H and O–H groups in total. The number of hydrogen-bond acceptors (Lipinski definition) is 6. The molecule has 2 aromatic carbocycles. The van der Waals surface area contributed by atoms with Gasteiger partial charge in [0.2, 0.25) is 0 Å². The van der Waals surface area contributed by atoms with E-state index in [1.807, 2.05) is 4.90 Å². The number of nitrogens with one attached hydrogen (secondary N) is 1. The fourth-order valence-corrected chi connectivity index (χ4v) is 6.21. The summed E-state index contributed by atoms with van der Waals surface area (Å²) in [6, 6.07) is 9.01. The van der Waals surface area contributed by atoms with Crippen LogP contribution in [0.4, 0.5) is 27.8 Å². The summed E-state index contributed by atoms with van der Waals surface area (Å²) in [5, 5.41) is 7.22. The third-order valence-corrected chi connectivity index (χ3v) is 8.30. The van der Waals surface area contributed by atoms with Gasteiger partial charge in [-0.15, -0.1) is 5.10 Å². The van der Waals surface area contributed by atoms with E-state index in [0.717, 1.165) is 12.1 Å². The van der Waals surface area contributed by atoms with Gasteiger partial charge in [-0.1, -0.05) is 12.1 Å². The lowest BCUT2D eigenvalue weighted by Gasteiger charge is -2.46. The van der Waals surface area contributed by atoms with E-state index in [1.165, 1.54) is 42.6 Å². The minimum Gasteiger partial charge on any atom is -0.493 e. The number of alkyl halides is 3. The van der Waals surface area contributed by atoms with E-state index in [9.17, 15) is 26.0 Å². The molecule has 202 valence electrons. The van der Waals surface area contributed by atoms with Crippen molar-refractivity contribution in [3.8, 4) is 5.75 Å². The molecule has 38 heavy (non-hydrogen) atoms. The number of rotatable bonds is 5. The Labute approximate surface area is 215 Å². The number of halogens is 5. The molecular formula is C25H23F5N4O3S. The molecule has 0 aliphatic carbocycles. The van der Waals surface area contributed by atoms with Crippen LogP contribution in [-0.4, -0.2) is 42.8 Å². The maximum atomic E-state index is 15.3. The molecule has 5 rings (SSSR count). The Hall–Kier alpha value is -3.32. The molecule has 0 bridgehead atoms. The highest BCUT2D eigenvalue weighted by Crippen LogP contribution is 2.48. The predicted molar refractivity (Wildman–Crippen MR) is 127 cm³/mol. The number of piperidine rings is 1. The smallest absolute Gasteiger partial charge is 0.391 e. The fraction of sp³-hybridized carbons (Fsp3) is 0.360. The Morgan fingerprint density at radius 2 is 1.79 bits per heavy atom. The van der Waals surface area contributed by atoms with Crippen molar-refractivity contribution in [1.29, 1.82) is 0 Å². The van der Waals surface area contributed by atoms with Crippen molar-refractivity contribution in [1.82, 2.24) is 15.1 Å². The average Bonchev–Trinajstić information content (AvgIpc) is 2.88. The predicted octanol–water partition coefficient (Wildman–Crippen LogP) is 5.39. The van der Waals surface area contributed by atoms with Crippen LogP contribution in [0.1, 0.15) is 42.5 Å². The molecule has 1 unspecified atom stereocenters. The second kappa shape index (κ2) is 10.1. The van der Waals surface area contributed by atoms with Gasteiger partial charge < -0.3 is 4.74 Å². The first-order valence-electron chi connectivity index (χ1n) is 11.9. The maximum Gasteiger partial charge on any atom is 0.391 e. The number of nitrogens with zero attached hydrogens (tertiary/aromatic N) is 3. The van der Waals surface area contributed by atoms with Crippen LogP contribution in [0.3, 0.4) is 0 Å². The minimum atomic E-state index is -4.39. The number of likely N-dealkylation sites (tertiary alicyclic amines) is 1. The number of ether oxygens (including phenoxy) is 1. The van der Waals surface area contributed by atoms with Crippen molar-refractivity contribution in [2.75, 3.05) is 17.9 Å². The largest absolute Gasteiger partial charge is 0.493 e. The summed E-state index contributed by atoms with van der Waals surface area (Å²) in [6.45, 7) is 0.210. The van der Waals surface area contributed by atoms with E-state index in [4.69, 9.17) is 4.74 Å². The van der Waals surface area contributed by atoms with Gasteiger partial charge in [-0.2, -0.15) is 18.3 Å². The Kier molecular flexibility index (Phi) is 6.99. The number of sulfonamides is 1. The zero-order valence-corrected chi connectivity index (χ0v) is 20.6. The second-order valence-electron chi connectivity index (χ2n) is 9.26. The van der Waals surface area contributed by atoms with E-state index in [2.05, 4.69) is 14.9 Å². The highest BCUT2D eigenvalue weighted by Gasteiger charge is 2.46. The van der Waals surface area contributed by atoms with Gasteiger partial charge in [0.05, 0.1) is 12.5 Å². The summed E-state index contributed by atoms with van der Waals surface area (Å²) in [5.74, 6) is -3.06. The second-order valence-corrected chi connectivity index (χ2v) is 10.9. The van der Waals surface area contributed by atoms with Crippen LogP contribution in [-0.2, 0) is 10.0 Å². The van der Waals surface area contributed by atoms with Gasteiger partial charge in [-0.3, -0.25) is 9.62 Å². The van der Waals surface area contributed by atoms with Gasteiger partial charge in [0, 0.05) is 36.3 Å². The molecule has 1 saturated heterocycles. The Morgan fingerprint density at radius 1 is 1.03 bits per heavy atom. The molecular weight excluding hydrogens is 531 g/mol. The van der Waals surface area contributed by atoms with E-state index in [0.29, 0.717) is 17.5 Å². The highest BCUT2D eigenvalue weighted by molar-refractivity contribution is 7.92. The first-order valence-corrected chi connectivity index (χ1v) is 13.4. The standard InChI is InChI=1S/C25H23F5N4O3S/c26-17-5-3-15(4-6-17)21-12-16(25(28,29)30)7-10-34(21)20-8-11-37-22-14-23(19(27)13-18(20)22)38(35,36)33-24-2-1-9-31-32-24/h1-6,9,13-14,16,20-21H,7-8,10-12H2,(H,32,33)/t16?,20-,21-/m0/s1. The zero-order chi connectivity index (χ0) is 27.1. The first kappa shape index (κ1) is 26.3. The Balaban J connectivity index is 1.49. The summed E-state index contributed by atoms with van der Waals surface area (Å²) in [4.78, 5) is 1.19. The van der Waals surface area contributed by atoms with E-state index in [1.54, 1.807) is 0 Å². The van der Waals surface area contributed by atoms with Gasteiger partial charge in [0.15, 0.2) is 5.82 Å². The molecule has 0 radical (unpaired) electrons. The number of anilines is 1. The van der Waals surface area contributed by atoms with Crippen molar-refractivity contribution in [2.24, 2.45) is 5.92 Å². The van der Waals surface area contributed by atoms with Crippen molar-refractivity contribution in [3.05, 3.63) is 77.5 Å². The lowest BCUT2D eigenvalue weighted by molar-refractivity contribution is -0.192. The van der Waals surface area contributed by atoms with E-state index in [-0.39, 0.29) is 37.6 Å². The van der Waals surface area contributed by atoms with E-state index >= 15 is 4.39 Å².